The number of likely N-dealkylation sites (N-methyl/N-ethyl adjacent to an activating group) is 1. The highest BCUT2D eigenvalue weighted by Crippen LogP contribution is 2.39. The van der Waals surface area contributed by atoms with Crippen LogP contribution in [0.5, 0.6) is 0 Å². The van der Waals surface area contributed by atoms with Crippen LogP contribution in [0.3, 0.4) is 0 Å². The Morgan fingerprint density at radius 2 is 1.50 bits per heavy atom. The van der Waals surface area contributed by atoms with Gasteiger partial charge >= 0.3 is 6.09 Å². The number of carbonyl (C=O) groups is 3. The Hall–Kier alpha value is -4.13. The van der Waals surface area contributed by atoms with Crippen molar-refractivity contribution >= 4 is 23.6 Å². The third-order valence-corrected chi connectivity index (χ3v) is 5.98. The average Bonchev–Trinajstić information content (AvgIpc) is 2.94. The molecule has 3 atom stereocenters. The molecule has 174 valence electrons. The molecule has 34 heavy (non-hydrogen) atoms. The van der Waals surface area contributed by atoms with Crippen molar-refractivity contribution in [3.05, 3.63) is 90.0 Å². The van der Waals surface area contributed by atoms with Crippen LogP contribution >= 0.6 is 0 Å². The molecule has 0 aromatic heterocycles. The van der Waals surface area contributed by atoms with E-state index in [0.717, 1.165) is 22.4 Å². The molecule has 3 aromatic rings. The van der Waals surface area contributed by atoms with E-state index in [9.17, 15) is 14.4 Å². The lowest BCUT2D eigenvalue weighted by atomic mass is 9.95. The van der Waals surface area contributed by atoms with Crippen molar-refractivity contribution in [1.29, 1.82) is 0 Å². The molecule has 0 spiro atoms. The molecule has 0 saturated carbocycles. The number of para-hydroxylation sites is 1. The van der Waals surface area contributed by atoms with Gasteiger partial charge in [0.25, 0.3) is 11.8 Å². The Kier molecular flexibility index (Phi) is 6.63. The van der Waals surface area contributed by atoms with Gasteiger partial charge in [-0.25, -0.2) is 4.79 Å². The Labute approximate surface area is 198 Å². The van der Waals surface area contributed by atoms with E-state index in [1.54, 1.807) is 11.9 Å². The fourth-order valence-corrected chi connectivity index (χ4v) is 4.08. The molecule has 0 saturated heterocycles. The number of alkyl carbamates (subject to hydrolysis) is 1. The standard InChI is InChI=1S/C27H27N3O4/c1-17(19-11-5-4-6-12-19)28-27(33)34-18(2)25(31)29-24-22-15-8-7-13-20(22)21-14-9-10-16-23(21)30(3)26(24)32/h4-18,24H,1-3H3,(H,28,33)(H,29,31)/t17-,18+,24?/m1/s1. The molecule has 3 aromatic carbocycles. The molecule has 0 radical (unpaired) electrons. The van der Waals surface area contributed by atoms with E-state index in [0.29, 0.717) is 5.56 Å². The molecule has 4 rings (SSSR count). The summed E-state index contributed by atoms with van der Waals surface area (Å²) >= 11 is 0. The molecule has 0 fully saturated rings. The second kappa shape index (κ2) is 9.79. The van der Waals surface area contributed by atoms with E-state index in [-0.39, 0.29) is 11.9 Å². The number of rotatable bonds is 5. The van der Waals surface area contributed by atoms with Crippen molar-refractivity contribution in [2.75, 3.05) is 11.9 Å². The molecule has 2 N–H and O–H groups in total. The molecular weight excluding hydrogens is 430 g/mol. The number of fused-ring (bicyclic) bond motifs is 3. The third-order valence-electron chi connectivity index (χ3n) is 5.98. The summed E-state index contributed by atoms with van der Waals surface area (Å²) in [4.78, 5) is 40.2. The van der Waals surface area contributed by atoms with Gasteiger partial charge in [0.15, 0.2) is 6.10 Å². The SMILES string of the molecule is C[C@H](OC(=O)N[C@H](C)c1ccccc1)C(=O)NC1C(=O)N(C)c2ccccc2-c2ccccc21. The first-order valence-corrected chi connectivity index (χ1v) is 11.1. The molecule has 3 amide bonds. The first kappa shape index (κ1) is 23.0. The van der Waals surface area contributed by atoms with Crippen LogP contribution in [0.2, 0.25) is 0 Å². The zero-order chi connectivity index (χ0) is 24.2. The van der Waals surface area contributed by atoms with Crippen molar-refractivity contribution in [1.82, 2.24) is 10.6 Å². The summed E-state index contributed by atoms with van der Waals surface area (Å²) in [5, 5.41) is 5.51. The molecule has 7 nitrogen and oxygen atoms in total. The van der Waals surface area contributed by atoms with E-state index >= 15 is 0 Å². The van der Waals surface area contributed by atoms with Crippen LogP contribution in [0, 0.1) is 0 Å². The zero-order valence-corrected chi connectivity index (χ0v) is 19.3. The van der Waals surface area contributed by atoms with Gasteiger partial charge in [-0.15, -0.1) is 0 Å². The summed E-state index contributed by atoms with van der Waals surface area (Å²) in [5.74, 6) is -0.838. The highest BCUT2D eigenvalue weighted by atomic mass is 16.6. The summed E-state index contributed by atoms with van der Waals surface area (Å²) in [7, 11) is 1.69. The third kappa shape index (κ3) is 4.64. The number of ether oxygens (including phenoxy) is 1. The van der Waals surface area contributed by atoms with Gasteiger partial charge in [0.1, 0.15) is 6.04 Å². The summed E-state index contributed by atoms with van der Waals surface area (Å²) in [6.45, 7) is 3.31. The maximum absolute atomic E-state index is 13.3. The fraction of sp³-hybridized carbons (Fsp3) is 0.222. The van der Waals surface area contributed by atoms with Crippen molar-refractivity contribution in [3.8, 4) is 11.1 Å². The number of nitrogens with zero attached hydrogens (tertiary/aromatic N) is 1. The second-order valence-electron chi connectivity index (χ2n) is 8.27. The maximum atomic E-state index is 13.3. The molecule has 1 aliphatic rings. The minimum atomic E-state index is -1.10. The number of hydrogen-bond donors (Lipinski definition) is 2. The summed E-state index contributed by atoms with van der Waals surface area (Å²) in [5.41, 5.74) is 4.13. The van der Waals surface area contributed by atoms with Crippen LogP contribution in [-0.4, -0.2) is 31.1 Å². The minimum absolute atomic E-state index is 0.278. The lowest BCUT2D eigenvalue weighted by Crippen LogP contribution is -2.45. The van der Waals surface area contributed by atoms with Crippen molar-refractivity contribution in [2.24, 2.45) is 0 Å². The van der Waals surface area contributed by atoms with Gasteiger partial charge < -0.3 is 20.3 Å². The van der Waals surface area contributed by atoms with E-state index in [4.69, 9.17) is 4.74 Å². The molecule has 0 bridgehead atoms. The predicted molar refractivity (Wildman–Crippen MR) is 130 cm³/mol. The maximum Gasteiger partial charge on any atom is 0.408 e. The second-order valence-corrected chi connectivity index (χ2v) is 8.27. The number of amides is 3. The Morgan fingerprint density at radius 3 is 2.24 bits per heavy atom. The Morgan fingerprint density at radius 1 is 0.882 bits per heavy atom. The summed E-state index contributed by atoms with van der Waals surface area (Å²) in [6.07, 6.45) is -1.81. The molecular formula is C27H27N3O4. The van der Waals surface area contributed by atoms with Crippen LogP contribution in [0.4, 0.5) is 10.5 Å². The number of benzene rings is 3. The number of hydrogen-bond acceptors (Lipinski definition) is 4. The van der Waals surface area contributed by atoms with Crippen LogP contribution in [0.1, 0.15) is 37.1 Å². The van der Waals surface area contributed by atoms with Gasteiger partial charge in [0.05, 0.1) is 11.7 Å². The quantitative estimate of drug-likeness (QED) is 0.596. The van der Waals surface area contributed by atoms with Crippen molar-refractivity contribution < 1.29 is 19.1 Å². The van der Waals surface area contributed by atoms with E-state index < -0.39 is 24.1 Å². The first-order chi connectivity index (χ1) is 16.4. The van der Waals surface area contributed by atoms with Crippen LogP contribution in [0.15, 0.2) is 78.9 Å². The smallest absolute Gasteiger partial charge is 0.408 e. The van der Waals surface area contributed by atoms with Crippen LogP contribution in [-0.2, 0) is 14.3 Å². The van der Waals surface area contributed by atoms with Gasteiger partial charge in [0.2, 0.25) is 0 Å². The lowest BCUT2D eigenvalue weighted by Gasteiger charge is -2.24. The van der Waals surface area contributed by atoms with Gasteiger partial charge in [-0.2, -0.15) is 0 Å². The molecule has 1 heterocycles. The highest BCUT2D eigenvalue weighted by molar-refractivity contribution is 6.06. The van der Waals surface area contributed by atoms with Crippen molar-refractivity contribution in [2.45, 2.75) is 32.0 Å². The van der Waals surface area contributed by atoms with E-state index in [1.807, 2.05) is 85.8 Å². The number of nitrogens with one attached hydrogen (secondary N) is 2. The van der Waals surface area contributed by atoms with Crippen LogP contribution < -0.4 is 15.5 Å². The van der Waals surface area contributed by atoms with E-state index in [2.05, 4.69) is 10.6 Å². The molecule has 1 unspecified atom stereocenters. The minimum Gasteiger partial charge on any atom is -0.436 e. The lowest BCUT2D eigenvalue weighted by molar-refractivity contribution is -0.132. The zero-order valence-electron chi connectivity index (χ0n) is 19.3. The Balaban J connectivity index is 1.49. The van der Waals surface area contributed by atoms with Gasteiger partial charge in [-0.3, -0.25) is 9.59 Å². The average molecular weight is 458 g/mol. The summed E-state index contributed by atoms with van der Waals surface area (Å²) < 4.78 is 5.30. The van der Waals surface area contributed by atoms with Crippen LogP contribution in [0.25, 0.3) is 11.1 Å². The monoisotopic (exact) mass is 457 g/mol. The first-order valence-electron chi connectivity index (χ1n) is 11.1. The van der Waals surface area contributed by atoms with E-state index in [1.165, 1.54) is 6.92 Å². The highest BCUT2D eigenvalue weighted by Gasteiger charge is 2.34. The largest absolute Gasteiger partial charge is 0.436 e. The Bertz CT molecular complexity index is 1210. The van der Waals surface area contributed by atoms with Crippen molar-refractivity contribution in [3.63, 3.8) is 0 Å². The number of anilines is 1. The topological polar surface area (TPSA) is 87.7 Å². The molecule has 0 aliphatic carbocycles. The van der Waals surface area contributed by atoms with Gasteiger partial charge in [-0.05, 0) is 36.6 Å². The van der Waals surface area contributed by atoms with Gasteiger partial charge in [0, 0.05) is 12.6 Å². The molecule has 7 heteroatoms. The fourth-order valence-electron chi connectivity index (χ4n) is 4.08. The molecule has 1 aliphatic heterocycles. The predicted octanol–water partition coefficient (Wildman–Crippen LogP) is 4.36. The summed E-state index contributed by atoms with van der Waals surface area (Å²) in [6, 6.07) is 23.3. The normalized spacial score (nSPS) is 16.4. The van der Waals surface area contributed by atoms with Gasteiger partial charge in [-0.1, -0.05) is 72.8 Å². The number of carbonyl (C=O) groups excluding carboxylic acids is 3.